The van der Waals surface area contributed by atoms with Crippen LogP contribution in [0.4, 0.5) is 0 Å². The van der Waals surface area contributed by atoms with E-state index in [0.29, 0.717) is 5.92 Å². The predicted molar refractivity (Wildman–Crippen MR) is 84.1 cm³/mol. The van der Waals surface area contributed by atoms with Gasteiger partial charge in [0.1, 0.15) is 0 Å². The lowest BCUT2D eigenvalue weighted by Crippen LogP contribution is -2.33. The highest BCUT2D eigenvalue weighted by Gasteiger charge is 2.18. The molecule has 3 rings (SSSR count). The van der Waals surface area contributed by atoms with Crippen molar-refractivity contribution in [3.05, 3.63) is 47.5 Å². The number of morpholine rings is 1. The molecule has 1 atom stereocenters. The third kappa shape index (κ3) is 2.72. The van der Waals surface area contributed by atoms with Gasteiger partial charge in [-0.3, -0.25) is 0 Å². The van der Waals surface area contributed by atoms with Crippen molar-refractivity contribution in [1.82, 2.24) is 5.32 Å². The minimum atomic E-state index is 0.182. The van der Waals surface area contributed by atoms with Gasteiger partial charge in [-0.05, 0) is 34.2 Å². The molecule has 0 saturated carbocycles. The van der Waals surface area contributed by atoms with E-state index in [1.165, 1.54) is 21.9 Å². The van der Waals surface area contributed by atoms with Gasteiger partial charge in [0.25, 0.3) is 0 Å². The minimum Gasteiger partial charge on any atom is -0.371 e. The molecule has 1 aliphatic heterocycles. The maximum absolute atomic E-state index is 5.93. The topological polar surface area (TPSA) is 21.3 Å². The summed E-state index contributed by atoms with van der Waals surface area (Å²) in [5.74, 6) is 0.678. The van der Waals surface area contributed by atoms with Crippen LogP contribution in [0.3, 0.4) is 0 Å². The number of hydrogen-bond donors (Lipinski definition) is 1. The lowest BCUT2D eigenvalue weighted by molar-refractivity contribution is 0.0286. The highest BCUT2D eigenvalue weighted by Crippen LogP contribution is 2.30. The quantitative estimate of drug-likeness (QED) is 0.917. The number of ether oxygens (including phenoxy) is 1. The van der Waals surface area contributed by atoms with Crippen molar-refractivity contribution in [2.75, 3.05) is 19.7 Å². The molecule has 106 valence electrons. The minimum absolute atomic E-state index is 0.182. The molecule has 1 unspecified atom stereocenters. The van der Waals surface area contributed by atoms with E-state index < -0.39 is 0 Å². The Labute approximate surface area is 121 Å². The van der Waals surface area contributed by atoms with Crippen LogP contribution in [0.2, 0.25) is 0 Å². The maximum Gasteiger partial charge on any atom is 0.0955 e. The smallest absolute Gasteiger partial charge is 0.0955 e. The van der Waals surface area contributed by atoms with E-state index in [0.717, 1.165) is 26.1 Å². The second-order valence-corrected chi connectivity index (χ2v) is 6.02. The average Bonchev–Trinajstić information content (AvgIpc) is 2.48. The Bertz CT molecular complexity index is 585. The van der Waals surface area contributed by atoms with E-state index in [-0.39, 0.29) is 6.10 Å². The van der Waals surface area contributed by atoms with Crippen molar-refractivity contribution in [2.45, 2.75) is 26.4 Å². The molecule has 20 heavy (non-hydrogen) atoms. The van der Waals surface area contributed by atoms with Crippen molar-refractivity contribution in [3.63, 3.8) is 0 Å². The summed E-state index contributed by atoms with van der Waals surface area (Å²) in [6.07, 6.45) is 1.31. The summed E-state index contributed by atoms with van der Waals surface area (Å²) in [5.41, 5.74) is 2.77. The van der Waals surface area contributed by atoms with Gasteiger partial charge in [0.15, 0.2) is 0 Å². The van der Waals surface area contributed by atoms with E-state index in [2.05, 4.69) is 55.6 Å². The second-order valence-electron chi connectivity index (χ2n) is 6.02. The Balaban J connectivity index is 2.05. The van der Waals surface area contributed by atoms with Crippen LogP contribution in [-0.4, -0.2) is 19.7 Å². The zero-order valence-electron chi connectivity index (χ0n) is 12.4. The molecule has 2 aromatic rings. The Morgan fingerprint density at radius 2 is 1.95 bits per heavy atom. The van der Waals surface area contributed by atoms with Crippen LogP contribution in [0.15, 0.2) is 36.4 Å². The van der Waals surface area contributed by atoms with Crippen LogP contribution >= 0.6 is 0 Å². The summed E-state index contributed by atoms with van der Waals surface area (Å²) in [5, 5.41) is 6.15. The Kier molecular flexibility index (Phi) is 4.04. The monoisotopic (exact) mass is 269 g/mol. The van der Waals surface area contributed by atoms with E-state index in [4.69, 9.17) is 4.74 Å². The van der Waals surface area contributed by atoms with E-state index in [1.54, 1.807) is 0 Å². The molecular weight excluding hydrogens is 246 g/mol. The van der Waals surface area contributed by atoms with Gasteiger partial charge in [0, 0.05) is 13.1 Å². The third-order valence-corrected chi connectivity index (χ3v) is 3.95. The van der Waals surface area contributed by atoms with Gasteiger partial charge in [-0.2, -0.15) is 0 Å². The SMILES string of the molecule is CC(C)Cc1ccc(C2CNCCO2)c2ccccc12. The molecule has 0 bridgehead atoms. The van der Waals surface area contributed by atoms with Gasteiger partial charge in [-0.1, -0.05) is 50.2 Å². The summed E-state index contributed by atoms with van der Waals surface area (Å²) in [6, 6.07) is 13.3. The molecule has 0 spiro atoms. The number of hydrogen-bond acceptors (Lipinski definition) is 2. The fourth-order valence-electron chi connectivity index (χ4n) is 3.05. The highest BCUT2D eigenvalue weighted by molar-refractivity contribution is 5.89. The summed E-state index contributed by atoms with van der Waals surface area (Å²) in [7, 11) is 0. The molecule has 1 fully saturated rings. The molecule has 1 saturated heterocycles. The summed E-state index contributed by atoms with van der Waals surface area (Å²) >= 11 is 0. The van der Waals surface area contributed by atoms with E-state index in [1.807, 2.05) is 0 Å². The zero-order valence-corrected chi connectivity index (χ0v) is 12.4. The summed E-state index contributed by atoms with van der Waals surface area (Å²) in [6.45, 7) is 7.22. The largest absolute Gasteiger partial charge is 0.371 e. The van der Waals surface area contributed by atoms with Crippen molar-refractivity contribution >= 4 is 10.8 Å². The molecule has 0 amide bonds. The first kappa shape index (κ1) is 13.6. The molecule has 1 aliphatic rings. The van der Waals surface area contributed by atoms with Crippen molar-refractivity contribution in [3.8, 4) is 0 Å². The van der Waals surface area contributed by atoms with Crippen LogP contribution in [0.25, 0.3) is 10.8 Å². The number of benzene rings is 2. The molecular formula is C18H23NO. The molecule has 2 aromatic carbocycles. The van der Waals surface area contributed by atoms with Gasteiger partial charge in [-0.15, -0.1) is 0 Å². The lowest BCUT2D eigenvalue weighted by atomic mass is 9.92. The molecule has 0 aromatic heterocycles. The maximum atomic E-state index is 5.93. The predicted octanol–water partition coefficient (Wildman–Crippen LogP) is 3.70. The third-order valence-electron chi connectivity index (χ3n) is 3.95. The van der Waals surface area contributed by atoms with Gasteiger partial charge >= 0.3 is 0 Å². The molecule has 1 heterocycles. The van der Waals surface area contributed by atoms with Gasteiger partial charge in [0.05, 0.1) is 12.7 Å². The number of fused-ring (bicyclic) bond motifs is 1. The Morgan fingerprint density at radius 3 is 2.65 bits per heavy atom. The molecule has 1 N–H and O–H groups in total. The Morgan fingerprint density at radius 1 is 1.15 bits per heavy atom. The Hall–Kier alpha value is -1.38. The van der Waals surface area contributed by atoms with Crippen molar-refractivity contribution in [1.29, 1.82) is 0 Å². The van der Waals surface area contributed by atoms with Crippen molar-refractivity contribution in [2.24, 2.45) is 5.92 Å². The second kappa shape index (κ2) is 5.94. The first-order valence-corrected chi connectivity index (χ1v) is 7.58. The van der Waals surface area contributed by atoms with Gasteiger partial charge < -0.3 is 10.1 Å². The first-order valence-electron chi connectivity index (χ1n) is 7.58. The normalized spacial score (nSPS) is 19.6. The van der Waals surface area contributed by atoms with Crippen LogP contribution in [0.5, 0.6) is 0 Å². The summed E-state index contributed by atoms with van der Waals surface area (Å²) < 4.78 is 5.93. The fraction of sp³-hybridized carbons (Fsp3) is 0.444. The lowest BCUT2D eigenvalue weighted by Gasteiger charge is -2.25. The van der Waals surface area contributed by atoms with Gasteiger partial charge in [0.2, 0.25) is 0 Å². The first-order chi connectivity index (χ1) is 9.75. The van der Waals surface area contributed by atoms with Crippen LogP contribution in [0.1, 0.15) is 31.1 Å². The molecule has 0 aliphatic carbocycles. The van der Waals surface area contributed by atoms with Crippen LogP contribution < -0.4 is 5.32 Å². The standard InChI is InChI=1S/C18H23NO/c1-13(2)11-14-7-8-17(18-12-19-9-10-20-18)16-6-4-3-5-15(14)16/h3-8,13,18-19H,9-12H2,1-2H3. The van der Waals surface area contributed by atoms with Crippen LogP contribution in [0, 0.1) is 5.92 Å². The molecule has 0 radical (unpaired) electrons. The molecule has 2 nitrogen and oxygen atoms in total. The van der Waals surface area contributed by atoms with E-state index in [9.17, 15) is 0 Å². The number of nitrogens with one attached hydrogen (secondary N) is 1. The van der Waals surface area contributed by atoms with Crippen LogP contribution in [-0.2, 0) is 11.2 Å². The number of rotatable bonds is 3. The van der Waals surface area contributed by atoms with Crippen molar-refractivity contribution < 1.29 is 4.74 Å². The summed E-state index contributed by atoms with van der Waals surface area (Å²) in [4.78, 5) is 0. The molecule has 2 heteroatoms. The van der Waals surface area contributed by atoms with Gasteiger partial charge in [-0.25, -0.2) is 0 Å². The highest BCUT2D eigenvalue weighted by atomic mass is 16.5. The zero-order chi connectivity index (χ0) is 13.9. The fourth-order valence-corrected chi connectivity index (χ4v) is 3.05. The average molecular weight is 269 g/mol. The van der Waals surface area contributed by atoms with E-state index >= 15 is 0 Å².